The average molecular weight is 171 g/mol. The van der Waals surface area contributed by atoms with Crippen LogP contribution in [-0.4, -0.2) is 23.6 Å². The van der Waals surface area contributed by atoms with Crippen LogP contribution in [0.1, 0.15) is 0 Å². The van der Waals surface area contributed by atoms with Crippen LogP contribution >= 0.6 is 0 Å². The summed E-state index contributed by atoms with van der Waals surface area (Å²) in [6.07, 6.45) is 0.927. The van der Waals surface area contributed by atoms with Crippen molar-refractivity contribution < 1.29 is 9.59 Å². The van der Waals surface area contributed by atoms with E-state index in [9.17, 15) is 9.59 Å². The van der Waals surface area contributed by atoms with Gasteiger partial charge in [-0.3, -0.25) is 15.3 Å². The molecular formula is C5H9N5O2. The maximum absolute atomic E-state index is 11.1. The van der Waals surface area contributed by atoms with Gasteiger partial charge in [0, 0.05) is 6.20 Å². The number of nitrogens with one attached hydrogen (secondary N) is 2. The fourth-order valence-electron chi connectivity index (χ4n) is 0.743. The zero-order chi connectivity index (χ0) is 9.14. The quantitative estimate of drug-likeness (QED) is 0.202. The molecule has 6 N–H and O–H groups in total. The normalized spacial score (nSPS) is 22.8. The Kier molecular flexibility index (Phi) is 2.26. The first-order valence-electron chi connectivity index (χ1n) is 3.17. The van der Waals surface area contributed by atoms with E-state index in [1.165, 1.54) is 6.20 Å². The van der Waals surface area contributed by atoms with Crippen LogP contribution in [0.4, 0.5) is 0 Å². The summed E-state index contributed by atoms with van der Waals surface area (Å²) in [6, 6.07) is 0. The molecule has 0 aromatic rings. The minimum atomic E-state index is -0.755. The number of hydrazine groups is 1. The Bertz CT molecular complexity index is 238. The molecule has 0 aromatic heterocycles. The van der Waals surface area contributed by atoms with Crippen LogP contribution in [0.25, 0.3) is 0 Å². The van der Waals surface area contributed by atoms with Gasteiger partial charge in [0.05, 0.1) is 0 Å². The second-order valence-electron chi connectivity index (χ2n) is 2.14. The Labute approximate surface area is 68.3 Å². The lowest BCUT2D eigenvalue weighted by atomic mass is 10.3. The van der Waals surface area contributed by atoms with Crippen LogP contribution in [0.5, 0.6) is 0 Å². The molecule has 1 unspecified atom stereocenters. The van der Waals surface area contributed by atoms with Crippen LogP contribution < -0.4 is 22.2 Å². The fourth-order valence-corrected chi connectivity index (χ4v) is 0.743. The third kappa shape index (κ3) is 1.36. The Hall–Kier alpha value is -1.60. The van der Waals surface area contributed by atoms with E-state index in [0.717, 1.165) is 5.01 Å². The van der Waals surface area contributed by atoms with Gasteiger partial charge in [-0.15, -0.1) is 0 Å². The molecular weight excluding hydrogens is 162 g/mol. The van der Waals surface area contributed by atoms with Gasteiger partial charge in [-0.25, -0.2) is 10.9 Å². The minimum Gasteiger partial charge on any atom is -0.356 e. The zero-order valence-electron chi connectivity index (χ0n) is 6.15. The van der Waals surface area contributed by atoms with E-state index in [4.69, 9.17) is 11.6 Å². The first-order valence-corrected chi connectivity index (χ1v) is 3.17. The average Bonchev–Trinajstić information content (AvgIpc) is 2.07. The van der Waals surface area contributed by atoms with Crippen molar-refractivity contribution in [3.05, 3.63) is 11.9 Å². The molecule has 0 aliphatic carbocycles. The lowest BCUT2D eigenvalue weighted by molar-refractivity contribution is -0.132. The summed E-state index contributed by atoms with van der Waals surface area (Å²) < 4.78 is 0. The van der Waals surface area contributed by atoms with E-state index in [2.05, 4.69) is 10.6 Å². The maximum atomic E-state index is 11.1. The van der Waals surface area contributed by atoms with Crippen molar-refractivity contribution in [2.75, 3.05) is 0 Å². The second-order valence-corrected chi connectivity index (χ2v) is 2.14. The Morgan fingerprint density at radius 1 is 1.75 bits per heavy atom. The van der Waals surface area contributed by atoms with E-state index in [-0.39, 0.29) is 5.70 Å². The first kappa shape index (κ1) is 8.50. The van der Waals surface area contributed by atoms with Gasteiger partial charge >= 0.3 is 0 Å². The highest BCUT2D eigenvalue weighted by Crippen LogP contribution is 1.99. The van der Waals surface area contributed by atoms with Gasteiger partial charge in [0.1, 0.15) is 5.70 Å². The number of carbonyl (C=O) groups excluding carboxylic acids is 2. The van der Waals surface area contributed by atoms with Gasteiger partial charge in [-0.05, 0) is 0 Å². The van der Waals surface area contributed by atoms with Crippen molar-refractivity contribution in [1.29, 1.82) is 0 Å². The molecule has 0 aromatic carbocycles. The molecule has 0 radical (unpaired) electrons. The molecule has 1 atom stereocenters. The van der Waals surface area contributed by atoms with E-state index in [1.54, 1.807) is 0 Å². The number of amides is 2. The van der Waals surface area contributed by atoms with E-state index >= 15 is 0 Å². The van der Waals surface area contributed by atoms with E-state index < -0.39 is 12.2 Å². The number of hydrogen-bond acceptors (Lipinski definition) is 5. The summed E-state index contributed by atoms with van der Waals surface area (Å²) in [7, 11) is 0. The maximum Gasteiger partial charge on any atom is 0.288 e. The molecule has 1 rings (SSSR count). The van der Waals surface area contributed by atoms with E-state index in [1.807, 2.05) is 0 Å². The lowest BCUT2D eigenvalue weighted by Gasteiger charge is -2.28. The van der Waals surface area contributed by atoms with Gasteiger partial charge in [0.2, 0.25) is 6.41 Å². The molecule has 0 spiro atoms. The summed E-state index contributed by atoms with van der Waals surface area (Å²) in [4.78, 5) is 21.1. The van der Waals surface area contributed by atoms with Gasteiger partial charge in [-0.2, -0.15) is 0 Å². The summed E-state index contributed by atoms with van der Waals surface area (Å²) in [5.74, 6) is 4.71. The van der Waals surface area contributed by atoms with Crippen molar-refractivity contribution in [2.24, 2.45) is 11.6 Å². The monoisotopic (exact) mass is 171 g/mol. The fraction of sp³-hybridized carbons (Fsp3) is 0.200. The van der Waals surface area contributed by atoms with E-state index in [0.29, 0.717) is 6.41 Å². The van der Waals surface area contributed by atoms with Gasteiger partial charge in [-0.1, -0.05) is 0 Å². The summed E-state index contributed by atoms with van der Waals surface area (Å²) in [6.45, 7) is 0. The van der Waals surface area contributed by atoms with Crippen LogP contribution in [0.15, 0.2) is 11.9 Å². The molecule has 7 nitrogen and oxygen atoms in total. The first-order chi connectivity index (χ1) is 5.66. The smallest absolute Gasteiger partial charge is 0.288 e. The summed E-state index contributed by atoms with van der Waals surface area (Å²) >= 11 is 0. The standard InChI is InChI=1S/C5H9N5O2/c6-5-8-1-3(9-2-11)4(12)10(5)7/h1-2,5,8H,6-7H2,(H,9,11). The highest BCUT2D eigenvalue weighted by Gasteiger charge is 2.24. The van der Waals surface area contributed by atoms with Crippen molar-refractivity contribution >= 4 is 12.3 Å². The number of nitrogens with two attached hydrogens (primary N) is 2. The third-order valence-corrected chi connectivity index (χ3v) is 1.38. The molecule has 0 saturated carbocycles. The lowest BCUT2D eigenvalue weighted by Crippen LogP contribution is -2.60. The molecule has 0 bridgehead atoms. The summed E-state index contributed by atoms with van der Waals surface area (Å²) in [5, 5.41) is 5.53. The SMILES string of the molecule is NC1NC=C(NC=O)C(=O)N1N. The number of nitrogens with zero attached hydrogens (tertiary/aromatic N) is 1. The van der Waals surface area contributed by atoms with Crippen LogP contribution in [-0.2, 0) is 9.59 Å². The number of rotatable bonds is 2. The third-order valence-electron chi connectivity index (χ3n) is 1.38. The number of carbonyl (C=O) groups is 2. The number of hydrogen-bond donors (Lipinski definition) is 4. The minimum absolute atomic E-state index is 0.0641. The topological polar surface area (TPSA) is 113 Å². The largest absolute Gasteiger partial charge is 0.356 e. The van der Waals surface area contributed by atoms with Crippen LogP contribution in [0, 0.1) is 0 Å². The molecule has 0 fully saturated rings. The molecule has 7 heteroatoms. The highest BCUT2D eigenvalue weighted by molar-refractivity contribution is 5.95. The Morgan fingerprint density at radius 2 is 2.42 bits per heavy atom. The molecule has 0 saturated heterocycles. The Morgan fingerprint density at radius 3 is 3.00 bits per heavy atom. The van der Waals surface area contributed by atoms with Gasteiger partial charge < -0.3 is 10.6 Å². The second kappa shape index (κ2) is 3.20. The van der Waals surface area contributed by atoms with Crippen LogP contribution in [0.2, 0.25) is 0 Å². The zero-order valence-corrected chi connectivity index (χ0v) is 6.15. The molecule has 66 valence electrons. The van der Waals surface area contributed by atoms with Gasteiger partial charge in [0.25, 0.3) is 5.91 Å². The predicted octanol–water partition coefficient (Wildman–Crippen LogP) is -2.88. The molecule has 1 heterocycles. The van der Waals surface area contributed by atoms with Crippen molar-refractivity contribution in [1.82, 2.24) is 15.6 Å². The summed E-state index contributed by atoms with van der Waals surface area (Å²) in [5.41, 5.74) is 5.40. The molecule has 1 aliphatic rings. The highest BCUT2D eigenvalue weighted by atomic mass is 16.2. The molecule has 12 heavy (non-hydrogen) atoms. The predicted molar refractivity (Wildman–Crippen MR) is 39.4 cm³/mol. The van der Waals surface area contributed by atoms with Crippen LogP contribution in [0.3, 0.4) is 0 Å². The van der Waals surface area contributed by atoms with Crippen molar-refractivity contribution in [2.45, 2.75) is 6.29 Å². The molecule has 2 amide bonds. The molecule has 1 aliphatic heterocycles. The van der Waals surface area contributed by atoms with Gasteiger partial charge in [0.15, 0.2) is 6.29 Å². The van der Waals surface area contributed by atoms with Crippen molar-refractivity contribution in [3.63, 3.8) is 0 Å². The Balaban J connectivity index is 2.77. The van der Waals surface area contributed by atoms with Crippen molar-refractivity contribution in [3.8, 4) is 0 Å².